The van der Waals surface area contributed by atoms with E-state index in [1.807, 2.05) is 31.2 Å². The average molecular weight is 422 g/mol. The Bertz CT molecular complexity index is 1190. The smallest absolute Gasteiger partial charge is 0.269 e. The van der Waals surface area contributed by atoms with E-state index in [2.05, 4.69) is 15.3 Å². The molecule has 3 aromatic rings. The van der Waals surface area contributed by atoms with E-state index in [0.717, 1.165) is 5.56 Å². The maximum absolute atomic E-state index is 12.9. The van der Waals surface area contributed by atoms with Gasteiger partial charge in [0.25, 0.3) is 11.2 Å². The van der Waals surface area contributed by atoms with Crippen LogP contribution in [-0.4, -0.2) is 20.8 Å². The first-order valence-corrected chi connectivity index (χ1v) is 10.3. The summed E-state index contributed by atoms with van der Waals surface area (Å²) >= 11 is 1.36. The molecule has 2 N–H and O–H groups in total. The van der Waals surface area contributed by atoms with Crippen LogP contribution in [0.15, 0.2) is 58.5 Å². The Morgan fingerprint density at radius 1 is 1.20 bits per heavy atom. The summed E-state index contributed by atoms with van der Waals surface area (Å²) in [5.74, 6) is -0.0601. The van der Waals surface area contributed by atoms with Crippen LogP contribution in [-0.2, 0) is 10.5 Å². The van der Waals surface area contributed by atoms with Gasteiger partial charge in [0, 0.05) is 30.2 Å². The van der Waals surface area contributed by atoms with Gasteiger partial charge in [-0.2, -0.15) is 0 Å². The topological polar surface area (TPSA) is 118 Å². The highest BCUT2D eigenvalue weighted by atomic mass is 32.2. The summed E-state index contributed by atoms with van der Waals surface area (Å²) in [5, 5.41) is 14.2. The number of benzene rings is 2. The number of amides is 1. The highest BCUT2D eigenvalue weighted by Crippen LogP contribution is 2.35. The van der Waals surface area contributed by atoms with Gasteiger partial charge in [0.05, 0.1) is 10.5 Å². The van der Waals surface area contributed by atoms with Gasteiger partial charge in [-0.3, -0.25) is 19.7 Å². The van der Waals surface area contributed by atoms with Crippen molar-refractivity contribution in [3.05, 3.63) is 91.3 Å². The minimum absolute atomic E-state index is 0.0226. The maximum atomic E-state index is 12.9. The third kappa shape index (κ3) is 4.11. The predicted molar refractivity (Wildman–Crippen MR) is 114 cm³/mol. The van der Waals surface area contributed by atoms with Crippen molar-refractivity contribution >= 4 is 29.2 Å². The van der Waals surface area contributed by atoms with Gasteiger partial charge < -0.3 is 10.3 Å². The number of carbonyl (C=O) groups is 1. The van der Waals surface area contributed by atoms with Gasteiger partial charge in [-0.1, -0.05) is 53.7 Å². The first-order valence-electron chi connectivity index (χ1n) is 9.27. The third-order valence-electron chi connectivity index (χ3n) is 4.91. The molecule has 0 fully saturated rings. The molecule has 2 aromatic carbocycles. The Labute approximate surface area is 175 Å². The van der Waals surface area contributed by atoms with E-state index in [0.29, 0.717) is 22.0 Å². The third-order valence-corrected chi connectivity index (χ3v) is 5.85. The molecule has 0 bridgehead atoms. The molecule has 1 aliphatic heterocycles. The van der Waals surface area contributed by atoms with E-state index < -0.39 is 10.8 Å². The number of H-pyrrole nitrogens is 1. The summed E-state index contributed by atoms with van der Waals surface area (Å²) in [6, 6.07) is 14.1. The van der Waals surface area contributed by atoms with Crippen molar-refractivity contribution < 1.29 is 9.72 Å². The fourth-order valence-corrected chi connectivity index (χ4v) is 4.21. The van der Waals surface area contributed by atoms with Gasteiger partial charge in [0.15, 0.2) is 5.16 Å². The van der Waals surface area contributed by atoms with Crippen molar-refractivity contribution in [1.29, 1.82) is 0 Å². The number of rotatable bonds is 5. The SMILES string of the molecule is Cc1ccc(CSc2nc3c(c(=O)[nH]2)C(c2cccc([N+](=O)[O-])c2)CC(=O)N3)cc1. The molecule has 0 aliphatic carbocycles. The van der Waals surface area contributed by atoms with Gasteiger partial charge in [0.1, 0.15) is 5.82 Å². The summed E-state index contributed by atoms with van der Waals surface area (Å²) in [4.78, 5) is 42.9. The number of hydrogen-bond acceptors (Lipinski definition) is 6. The van der Waals surface area contributed by atoms with E-state index in [-0.39, 0.29) is 29.4 Å². The number of nitro groups is 1. The van der Waals surface area contributed by atoms with Gasteiger partial charge >= 0.3 is 0 Å². The van der Waals surface area contributed by atoms with Crippen LogP contribution in [0.2, 0.25) is 0 Å². The van der Waals surface area contributed by atoms with E-state index in [1.54, 1.807) is 12.1 Å². The minimum atomic E-state index is -0.596. The maximum Gasteiger partial charge on any atom is 0.269 e. The summed E-state index contributed by atoms with van der Waals surface area (Å²) in [6.45, 7) is 2.01. The Morgan fingerprint density at radius 3 is 2.70 bits per heavy atom. The number of thioether (sulfide) groups is 1. The largest absolute Gasteiger partial charge is 0.310 e. The standard InChI is InChI=1S/C21H18N4O4S/c1-12-5-7-13(8-6-12)11-30-21-23-19-18(20(27)24-21)16(10-17(26)22-19)14-3-2-4-15(9-14)25(28)29/h2-9,16H,10-11H2,1H3,(H2,22,23,24,26,27). The lowest BCUT2D eigenvalue weighted by Crippen LogP contribution is -2.31. The number of nitrogens with zero attached hydrogens (tertiary/aromatic N) is 2. The van der Waals surface area contributed by atoms with E-state index in [9.17, 15) is 19.7 Å². The quantitative estimate of drug-likeness (QED) is 0.280. The number of anilines is 1. The second-order valence-electron chi connectivity index (χ2n) is 7.06. The molecule has 30 heavy (non-hydrogen) atoms. The van der Waals surface area contributed by atoms with E-state index in [4.69, 9.17) is 0 Å². The molecule has 1 amide bonds. The lowest BCUT2D eigenvalue weighted by Gasteiger charge is -2.24. The zero-order chi connectivity index (χ0) is 21.3. The number of non-ortho nitro benzene ring substituents is 1. The molecule has 0 saturated carbocycles. The molecule has 0 radical (unpaired) electrons. The van der Waals surface area contributed by atoms with Crippen molar-refractivity contribution in [1.82, 2.24) is 9.97 Å². The molecule has 1 unspecified atom stereocenters. The van der Waals surface area contributed by atoms with Crippen LogP contribution in [0, 0.1) is 17.0 Å². The molecule has 9 heteroatoms. The Balaban J connectivity index is 1.66. The van der Waals surface area contributed by atoms with Crippen LogP contribution in [0.25, 0.3) is 0 Å². The molecule has 152 valence electrons. The lowest BCUT2D eigenvalue weighted by atomic mass is 9.86. The number of aromatic nitrogens is 2. The second kappa shape index (κ2) is 8.11. The average Bonchev–Trinajstić information content (AvgIpc) is 2.72. The molecule has 8 nitrogen and oxygen atoms in total. The number of hydrogen-bond donors (Lipinski definition) is 2. The van der Waals surface area contributed by atoms with Crippen LogP contribution in [0.4, 0.5) is 11.5 Å². The molecule has 1 atom stereocenters. The fourth-order valence-electron chi connectivity index (χ4n) is 3.39. The monoisotopic (exact) mass is 422 g/mol. The Hall–Kier alpha value is -3.46. The number of aryl methyl sites for hydroxylation is 1. The summed E-state index contributed by atoms with van der Waals surface area (Å²) < 4.78 is 0. The highest BCUT2D eigenvalue weighted by Gasteiger charge is 2.31. The van der Waals surface area contributed by atoms with Gasteiger partial charge in [-0.05, 0) is 18.1 Å². The first kappa shape index (κ1) is 19.8. The molecular formula is C21H18N4O4S. The molecule has 0 saturated heterocycles. The van der Waals surface area contributed by atoms with Crippen LogP contribution in [0.5, 0.6) is 0 Å². The molecule has 1 aliphatic rings. The number of fused-ring (bicyclic) bond motifs is 1. The molecule has 1 aromatic heterocycles. The predicted octanol–water partition coefficient (Wildman–Crippen LogP) is 3.75. The van der Waals surface area contributed by atoms with Crippen molar-refractivity contribution in [3.63, 3.8) is 0 Å². The zero-order valence-electron chi connectivity index (χ0n) is 16.0. The zero-order valence-corrected chi connectivity index (χ0v) is 16.9. The summed E-state index contributed by atoms with van der Waals surface area (Å²) in [7, 11) is 0. The van der Waals surface area contributed by atoms with Crippen LogP contribution in [0.1, 0.15) is 34.6 Å². The fraction of sp³-hybridized carbons (Fsp3) is 0.190. The normalized spacial score (nSPS) is 15.4. The van der Waals surface area contributed by atoms with Gasteiger partial charge in [-0.15, -0.1) is 0 Å². The molecular weight excluding hydrogens is 404 g/mol. The second-order valence-corrected chi connectivity index (χ2v) is 8.03. The number of nitrogens with one attached hydrogen (secondary N) is 2. The Morgan fingerprint density at radius 2 is 1.97 bits per heavy atom. The minimum Gasteiger partial charge on any atom is -0.310 e. The first-order chi connectivity index (χ1) is 14.4. The Kier molecular flexibility index (Phi) is 5.37. The van der Waals surface area contributed by atoms with Gasteiger partial charge in [0.2, 0.25) is 5.91 Å². The number of aromatic amines is 1. The molecule has 0 spiro atoms. The molecule has 4 rings (SSSR count). The number of carbonyl (C=O) groups excluding carboxylic acids is 1. The number of nitro benzene ring substituents is 1. The van der Waals surface area contributed by atoms with Crippen LogP contribution in [0.3, 0.4) is 0 Å². The molecule has 2 heterocycles. The van der Waals surface area contributed by atoms with Crippen molar-refractivity contribution in [3.8, 4) is 0 Å². The van der Waals surface area contributed by atoms with Crippen molar-refractivity contribution in [2.24, 2.45) is 0 Å². The summed E-state index contributed by atoms with van der Waals surface area (Å²) in [6.07, 6.45) is 0.0226. The lowest BCUT2D eigenvalue weighted by molar-refractivity contribution is -0.384. The van der Waals surface area contributed by atoms with Crippen molar-refractivity contribution in [2.75, 3.05) is 5.32 Å². The summed E-state index contributed by atoms with van der Waals surface area (Å²) in [5.41, 5.74) is 2.66. The van der Waals surface area contributed by atoms with Crippen LogP contribution < -0.4 is 10.9 Å². The van der Waals surface area contributed by atoms with Crippen LogP contribution >= 0.6 is 11.8 Å². The van der Waals surface area contributed by atoms with Gasteiger partial charge in [-0.25, -0.2) is 4.98 Å². The van der Waals surface area contributed by atoms with E-state index in [1.165, 1.54) is 29.5 Å². The van der Waals surface area contributed by atoms with E-state index >= 15 is 0 Å². The van der Waals surface area contributed by atoms with Crippen molar-refractivity contribution in [2.45, 2.75) is 30.2 Å². The highest BCUT2D eigenvalue weighted by molar-refractivity contribution is 7.98.